The van der Waals surface area contributed by atoms with Crippen LogP contribution in [0.25, 0.3) is 22.6 Å². The highest BCUT2D eigenvalue weighted by atomic mass is 35.5. The second-order valence-electron chi connectivity index (χ2n) is 6.82. The van der Waals surface area contributed by atoms with Gasteiger partial charge in [-0.05, 0) is 42.0 Å². The second kappa shape index (κ2) is 7.26. The highest BCUT2D eigenvalue weighted by Crippen LogP contribution is 2.34. The quantitative estimate of drug-likeness (QED) is 0.675. The first-order valence-corrected chi connectivity index (χ1v) is 9.42. The Morgan fingerprint density at radius 1 is 1.25 bits per heavy atom. The smallest absolute Gasteiger partial charge is 0.336 e. The number of hydrogen-bond donors (Lipinski definition) is 2. The number of aromatic hydroxyl groups is 1. The van der Waals surface area contributed by atoms with Crippen molar-refractivity contribution >= 4 is 40.1 Å². The van der Waals surface area contributed by atoms with Gasteiger partial charge in [0, 0.05) is 24.0 Å². The number of aromatic carboxylic acids is 1. The molecule has 0 saturated carbocycles. The van der Waals surface area contributed by atoms with Crippen LogP contribution in [0, 0.1) is 0 Å². The Labute approximate surface area is 167 Å². The van der Waals surface area contributed by atoms with E-state index in [0.29, 0.717) is 35.2 Å². The van der Waals surface area contributed by atoms with E-state index in [1.54, 1.807) is 24.3 Å². The molecule has 0 fully saturated rings. The second-order valence-corrected chi connectivity index (χ2v) is 7.23. The number of para-hydroxylation sites is 1. The third-order valence-corrected chi connectivity index (χ3v) is 5.35. The number of halogens is 1. The molecule has 3 aromatic rings. The van der Waals surface area contributed by atoms with Crippen molar-refractivity contribution in [2.75, 3.05) is 13.1 Å². The summed E-state index contributed by atoms with van der Waals surface area (Å²) in [6.45, 7) is 4.04. The highest BCUT2D eigenvalue weighted by Gasteiger charge is 2.27. The third-order valence-electron chi connectivity index (χ3n) is 5.05. The number of hydrogen-bond acceptors (Lipinski definition) is 4. The van der Waals surface area contributed by atoms with Crippen LogP contribution >= 0.6 is 11.6 Å². The monoisotopic (exact) mass is 394 g/mol. The lowest BCUT2D eigenvalue weighted by molar-refractivity contribution is 0.0696. The molecule has 2 heterocycles. The molecule has 0 aliphatic carbocycles. The van der Waals surface area contributed by atoms with Crippen LogP contribution in [0.5, 0.6) is 5.75 Å². The van der Waals surface area contributed by atoms with Gasteiger partial charge in [0.2, 0.25) is 0 Å². The van der Waals surface area contributed by atoms with Crippen molar-refractivity contribution in [2.45, 2.75) is 13.5 Å². The Morgan fingerprint density at radius 3 is 2.75 bits per heavy atom. The molecule has 5 nitrogen and oxygen atoms in total. The lowest BCUT2D eigenvalue weighted by atomic mass is 9.92. The molecule has 2 aromatic carbocycles. The molecule has 1 aliphatic heterocycles. The Hall–Kier alpha value is -2.89. The molecular weight excluding hydrogens is 376 g/mol. The van der Waals surface area contributed by atoms with Crippen LogP contribution in [0.4, 0.5) is 0 Å². The van der Waals surface area contributed by atoms with E-state index in [9.17, 15) is 15.0 Å². The van der Waals surface area contributed by atoms with Gasteiger partial charge in [0.15, 0.2) is 0 Å². The summed E-state index contributed by atoms with van der Waals surface area (Å²) in [5.74, 6) is -0.917. The average Bonchev–Trinajstić information content (AvgIpc) is 2.68. The number of fused-ring (bicyclic) bond motifs is 2. The maximum atomic E-state index is 12.1. The lowest BCUT2D eigenvalue weighted by Gasteiger charge is -2.30. The number of likely N-dealkylation sites (N-methyl/N-ethyl adjacent to an activating group) is 1. The van der Waals surface area contributed by atoms with Crippen LogP contribution in [0.2, 0.25) is 5.02 Å². The first-order valence-electron chi connectivity index (χ1n) is 9.04. The maximum Gasteiger partial charge on any atom is 0.336 e. The number of phenols is 1. The largest absolute Gasteiger partial charge is 0.506 e. The summed E-state index contributed by atoms with van der Waals surface area (Å²) in [4.78, 5) is 19.1. The summed E-state index contributed by atoms with van der Waals surface area (Å²) >= 11 is 6.05. The molecule has 0 saturated heterocycles. The minimum atomic E-state index is -0.945. The van der Waals surface area contributed by atoms with Crippen LogP contribution in [0.15, 0.2) is 42.5 Å². The van der Waals surface area contributed by atoms with Crippen molar-refractivity contribution in [3.05, 3.63) is 69.9 Å². The minimum absolute atomic E-state index is 0.0281. The molecule has 0 atom stereocenters. The van der Waals surface area contributed by atoms with Gasteiger partial charge >= 0.3 is 5.97 Å². The number of pyridine rings is 1. The van der Waals surface area contributed by atoms with Gasteiger partial charge in [-0.15, -0.1) is 0 Å². The first-order chi connectivity index (χ1) is 13.5. The van der Waals surface area contributed by atoms with Gasteiger partial charge in [-0.25, -0.2) is 9.78 Å². The van der Waals surface area contributed by atoms with Gasteiger partial charge in [-0.2, -0.15) is 0 Å². The fourth-order valence-electron chi connectivity index (χ4n) is 3.66. The summed E-state index contributed by atoms with van der Waals surface area (Å²) in [7, 11) is 0. The van der Waals surface area contributed by atoms with Crippen molar-refractivity contribution in [1.82, 2.24) is 9.88 Å². The Kier molecular flexibility index (Phi) is 4.79. The predicted octanol–water partition coefficient (Wildman–Crippen LogP) is 4.67. The van der Waals surface area contributed by atoms with E-state index in [2.05, 4.69) is 11.8 Å². The number of phenolic OH excluding ortho intramolecular Hbond substituents is 1. The number of nitrogens with zero attached hydrogens (tertiary/aromatic N) is 2. The molecule has 0 amide bonds. The lowest BCUT2D eigenvalue weighted by Crippen LogP contribution is -2.31. The van der Waals surface area contributed by atoms with Crippen LogP contribution in [-0.4, -0.2) is 39.2 Å². The Morgan fingerprint density at radius 2 is 2.04 bits per heavy atom. The van der Waals surface area contributed by atoms with Gasteiger partial charge in [0.1, 0.15) is 5.75 Å². The number of rotatable bonds is 3. The van der Waals surface area contributed by atoms with Gasteiger partial charge < -0.3 is 10.2 Å². The third kappa shape index (κ3) is 3.23. The number of benzene rings is 2. The summed E-state index contributed by atoms with van der Waals surface area (Å²) in [5, 5.41) is 20.5. The molecule has 0 unspecified atom stereocenters. The first kappa shape index (κ1) is 18.5. The topological polar surface area (TPSA) is 73.7 Å². The predicted molar refractivity (Wildman–Crippen MR) is 111 cm³/mol. The fourth-order valence-corrected chi connectivity index (χ4v) is 3.85. The van der Waals surface area contributed by atoms with Gasteiger partial charge in [-0.3, -0.25) is 4.90 Å². The van der Waals surface area contributed by atoms with Crippen molar-refractivity contribution in [1.29, 1.82) is 0 Å². The number of carbonyl (C=O) groups is 1. The Bertz CT molecular complexity index is 1120. The average molecular weight is 395 g/mol. The van der Waals surface area contributed by atoms with Crippen molar-refractivity contribution in [3.63, 3.8) is 0 Å². The van der Waals surface area contributed by atoms with Crippen LogP contribution < -0.4 is 0 Å². The molecule has 1 aliphatic rings. The molecule has 1 aromatic heterocycles. The molecule has 142 valence electrons. The van der Waals surface area contributed by atoms with Gasteiger partial charge in [-0.1, -0.05) is 42.8 Å². The minimum Gasteiger partial charge on any atom is -0.506 e. The molecule has 0 spiro atoms. The molecule has 0 radical (unpaired) electrons. The maximum absolute atomic E-state index is 12.1. The van der Waals surface area contributed by atoms with E-state index in [-0.39, 0.29) is 10.8 Å². The summed E-state index contributed by atoms with van der Waals surface area (Å²) in [6.07, 6.45) is 1.96. The normalized spacial score (nSPS) is 15.7. The summed E-state index contributed by atoms with van der Waals surface area (Å²) in [5.41, 5.74) is 4.18. The highest BCUT2D eigenvalue weighted by molar-refractivity contribution is 6.32. The van der Waals surface area contributed by atoms with Gasteiger partial charge in [0.25, 0.3) is 0 Å². The zero-order valence-electron chi connectivity index (χ0n) is 15.3. The Balaban J connectivity index is 1.97. The number of aromatic nitrogens is 1. The standard InChI is InChI=1S/C22H19ClN2O3/c1-2-25-11-14(9-13-7-8-19(26)17(23)10-13)21-16(12-25)20(22(27)28)15-5-3-4-6-18(15)24-21/h3-10,26H,2,11-12H2,1H3,(H,27,28). The molecule has 28 heavy (non-hydrogen) atoms. The number of carboxylic acids is 1. The van der Waals surface area contributed by atoms with Crippen LogP contribution in [-0.2, 0) is 6.54 Å². The summed E-state index contributed by atoms with van der Waals surface area (Å²) in [6, 6.07) is 12.3. The molecular formula is C22H19ClN2O3. The van der Waals surface area contributed by atoms with Gasteiger partial charge in [0.05, 0.1) is 21.8 Å². The van der Waals surface area contributed by atoms with E-state index >= 15 is 0 Å². The van der Waals surface area contributed by atoms with Crippen LogP contribution in [0.3, 0.4) is 0 Å². The van der Waals surface area contributed by atoms with Crippen molar-refractivity contribution in [2.24, 2.45) is 0 Å². The zero-order chi connectivity index (χ0) is 19.8. The molecule has 4 rings (SSSR count). The summed E-state index contributed by atoms with van der Waals surface area (Å²) < 4.78 is 0. The molecule has 6 heteroatoms. The van der Waals surface area contributed by atoms with Crippen molar-refractivity contribution in [3.8, 4) is 5.75 Å². The fraction of sp³-hybridized carbons (Fsp3) is 0.182. The zero-order valence-corrected chi connectivity index (χ0v) is 16.1. The van der Waals surface area contributed by atoms with E-state index in [1.165, 1.54) is 0 Å². The van der Waals surface area contributed by atoms with E-state index < -0.39 is 5.97 Å². The molecule has 0 bridgehead atoms. The van der Waals surface area contributed by atoms with Crippen LogP contribution in [0.1, 0.15) is 34.1 Å². The number of carboxylic acid groups (broad SMARTS) is 1. The van der Waals surface area contributed by atoms with E-state index in [0.717, 1.165) is 23.2 Å². The molecule has 2 N–H and O–H groups in total. The van der Waals surface area contributed by atoms with E-state index in [4.69, 9.17) is 16.6 Å². The van der Waals surface area contributed by atoms with E-state index in [1.807, 2.05) is 24.3 Å². The SMILES string of the molecule is CCN1CC(=Cc2ccc(O)c(Cl)c2)c2nc3ccccc3c(C(=O)O)c2C1. The van der Waals surface area contributed by atoms with Crippen molar-refractivity contribution < 1.29 is 15.0 Å².